The maximum absolute atomic E-state index is 11.3. The first kappa shape index (κ1) is 31.7. The van der Waals surface area contributed by atoms with Crippen molar-refractivity contribution in [3.63, 3.8) is 0 Å². The Balaban J connectivity index is 0.00000194. The number of thiazole rings is 1. The third-order valence-corrected chi connectivity index (χ3v) is 9.46. The maximum Gasteiger partial charge on any atom is 0.226 e. The Morgan fingerprint density at radius 2 is 1.80 bits per heavy atom. The highest BCUT2D eigenvalue weighted by Gasteiger charge is 2.46. The van der Waals surface area contributed by atoms with Crippen LogP contribution >= 0.6 is 47.8 Å². The molecule has 4 heterocycles. The zero-order valence-electron chi connectivity index (χ0n) is 22.5. The largest absolute Gasteiger partial charge is 0.390 e. The number of anilines is 1. The summed E-state index contributed by atoms with van der Waals surface area (Å²) in [6, 6.07) is 9.87. The molecular weight excluding hydrogens is 603 g/mol. The molecule has 220 valence electrons. The van der Waals surface area contributed by atoms with Gasteiger partial charge in [-0.25, -0.2) is 9.97 Å². The van der Waals surface area contributed by atoms with Gasteiger partial charge in [0.1, 0.15) is 22.6 Å². The molecule has 4 aromatic rings. The highest BCUT2D eigenvalue weighted by atomic mass is 35.5. The number of benzene rings is 1. The van der Waals surface area contributed by atoms with Gasteiger partial charge in [0.05, 0.1) is 23.2 Å². The Kier molecular flexibility index (Phi) is 10.3. The fraction of sp³-hybridized carbons (Fsp3) is 0.414. The highest BCUT2D eigenvalue weighted by Crippen LogP contribution is 2.46. The molecule has 0 spiro atoms. The Morgan fingerprint density at radius 3 is 2.51 bits per heavy atom. The van der Waals surface area contributed by atoms with Gasteiger partial charge >= 0.3 is 0 Å². The molecule has 4 atom stereocenters. The fourth-order valence-electron chi connectivity index (χ4n) is 6.41. The molecule has 2 fully saturated rings. The van der Waals surface area contributed by atoms with E-state index in [2.05, 4.69) is 39.0 Å². The Labute approximate surface area is 261 Å². The van der Waals surface area contributed by atoms with Crippen LogP contribution in [0.5, 0.6) is 0 Å². The van der Waals surface area contributed by atoms with Gasteiger partial charge in [-0.1, -0.05) is 36.4 Å². The summed E-state index contributed by atoms with van der Waals surface area (Å²) in [5.74, 6) is 0.631. The van der Waals surface area contributed by atoms with Gasteiger partial charge in [-0.2, -0.15) is 4.98 Å². The normalized spacial score (nSPS) is 23.3. The molecule has 1 saturated carbocycles. The molecule has 0 bridgehead atoms. The smallest absolute Gasteiger partial charge is 0.226 e. The lowest BCUT2D eigenvalue weighted by Crippen LogP contribution is -2.39. The fourth-order valence-corrected chi connectivity index (χ4v) is 7.42. The van der Waals surface area contributed by atoms with Crippen LogP contribution in [0, 0.1) is 11.8 Å². The highest BCUT2D eigenvalue weighted by molar-refractivity contribution is 7.13. The van der Waals surface area contributed by atoms with Crippen LogP contribution in [0.25, 0.3) is 21.6 Å². The minimum absolute atomic E-state index is 0. The van der Waals surface area contributed by atoms with Crippen molar-refractivity contribution in [1.29, 1.82) is 0 Å². The number of hydrogen-bond acceptors (Lipinski definition) is 8. The van der Waals surface area contributed by atoms with Crippen LogP contribution in [0.15, 0.2) is 54.6 Å². The summed E-state index contributed by atoms with van der Waals surface area (Å²) < 4.78 is 1.94. The first-order valence-corrected chi connectivity index (χ1v) is 14.7. The van der Waals surface area contributed by atoms with E-state index in [1.54, 1.807) is 11.3 Å². The standard InChI is InChI=1S/C29H33ClN6O2S.2ClH/c1-2-10-35-11-8-18(9-12-35)20-14-22(25(38)24(20)37)36-15-21(23-26(31)33-29(30)34-27(23)36)28-32-19(16-39-28)13-17-6-4-3-5-7-17;;/h2-7,15-16,18,20,22,24-25,37-38H,1,8-14H2,(H2,31,33,34);2*1H/t20-,22-,24-,25+;;/m1../s1. The summed E-state index contributed by atoms with van der Waals surface area (Å²) in [6.07, 6.45) is 5.53. The van der Waals surface area contributed by atoms with Crippen molar-refractivity contribution >= 4 is 64.6 Å². The number of rotatable bonds is 7. The molecule has 12 heteroatoms. The molecule has 6 rings (SSSR count). The van der Waals surface area contributed by atoms with Gasteiger partial charge in [0.25, 0.3) is 0 Å². The number of fused-ring (bicyclic) bond motifs is 1. The quantitative estimate of drug-likeness (QED) is 0.184. The molecule has 0 radical (unpaired) electrons. The summed E-state index contributed by atoms with van der Waals surface area (Å²) in [7, 11) is 0. The molecule has 4 N–H and O–H groups in total. The molecule has 0 amide bonds. The van der Waals surface area contributed by atoms with Crippen LogP contribution in [0.1, 0.15) is 36.6 Å². The first-order chi connectivity index (χ1) is 18.9. The van der Waals surface area contributed by atoms with E-state index >= 15 is 0 Å². The van der Waals surface area contributed by atoms with Crippen LogP contribution in [0.2, 0.25) is 5.28 Å². The number of hydrogen-bond donors (Lipinski definition) is 3. The Morgan fingerprint density at radius 1 is 1.07 bits per heavy atom. The zero-order chi connectivity index (χ0) is 27.1. The predicted molar refractivity (Wildman–Crippen MR) is 170 cm³/mol. The maximum atomic E-state index is 11.3. The minimum atomic E-state index is -0.926. The van der Waals surface area contributed by atoms with Gasteiger partial charge in [0.15, 0.2) is 0 Å². The minimum Gasteiger partial charge on any atom is -0.390 e. The van der Waals surface area contributed by atoms with Gasteiger partial charge in [-0.05, 0) is 61.4 Å². The van der Waals surface area contributed by atoms with Crippen LogP contribution in [0.4, 0.5) is 5.82 Å². The zero-order valence-corrected chi connectivity index (χ0v) is 25.7. The third kappa shape index (κ3) is 6.27. The van der Waals surface area contributed by atoms with Crippen molar-refractivity contribution in [2.45, 2.75) is 43.9 Å². The van der Waals surface area contributed by atoms with E-state index in [9.17, 15) is 10.2 Å². The number of nitrogens with two attached hydrogens (primary N) is 1. The number of aliphatic hydroxyl groups excluding tert-OH is 2. The second kappa shape index (κ2) is 13.4. The number of piperidine rings is 1. The number of likely N-dealkylation sites (tertiary alicyclic amines) is 1. The molecule has 1 aliphatic carbocycles. The summed E-state index contributed by atoms with van der Waals surface area (Å²) in [5, 5.41) is 26.0. The van der Waals surface area contributed by atoms with E-state index in [1.807, 2.05) is 35.0 Å². The average Bonchev–Trinajstić information content (AvgIpc) is 3.62. The number of halogens is 3. The monoisotopic (exact) mass is 636 g/mol. The van der Waals surface area contributed by atoms with Crippen molar-refractivity contribution in [2.24, 2.45) is 11.8 Å². The average molecular weight is 638 g/mol. The molecule has 3 aromatic heterocycles. The predicted octanol–water partition coefficient (Wildman–Crippen LogP) is 5.41. The molecule has 41 heavy (non-hydrogen) atoms. The van der Waals surface area contributed by atoms with Crippen LogP contribution in [-0.4, -0.2) is 66.5 Å². The molecule has 2 aliphatic rings. The van der Waals surface area contributed by atoms with Crippen molar-refractivity contribution in [1.82, 2.24) is 24.4 Å². The SMILES string of the molecule is C=CCN1CCC([C@H]2C[C@@H](n3cc(-c4nc(Cc5ccccc5)cs4)c4c(N)nc(Cl)nc43)[C@H](O)[C@@H]2O)CC1.Cl.Cl. The van der Waals surface area contributed by atoms with Gasteiger partial charge in [0.2, 0.25) is 5.28 Å². The molecule has 1 aliphatic heterocycles. The van der Waals surface area contributed by atoms with Crippen LogP contribution < -0.4 is 5.73 Å². The molecule has 8 nitrogen and oxygen atoms in total. The number of nitrogen functional groups attached to an aromatic ring is 1. The van der Waals surface area contributed by atoms with Crippen molar-refractivity contribution in [2.75, 3.05) is 25.4 Å². The Bertz CT molecular complexity index is 1470. The van der Waals surface area contributed by atoms with E-state index in [-0.39, 0.29) is 47.9 Å². The lowest BCUT2D eigenvalue weighted by molar-refractivity contribution is -0.0117. The van der Waals surface area contributed by atoms with Crippen molar-refractivity contribution in [3.05, 3.63) is 71.1 Å². The van der Waals surface area contributed by atoms with E-state index < -0.39 is 12.2 Å². The van der Waals surface area contributed by atoms with E-state index in [0.717, 1.165) is 55.2 Å². The third-order valence-electron chi connectivity index (χ3n) is 8.36. The van der Waals surface area contributed by atoms with Crippen molar-refractivity contribution < 1.29 is 10.2 Å². The summed E-state index contributed by atoms with van der Waals surface area (Å²) in [5.41, 5.74) is 9.91. The molecule has 0 unspecified atom stereocenters. The topological polar surface area (TPSA) is 113 Å². The number of aromatic nitrogens is 4. The summed E-state index contributed by atoms with van der Waals surface area (Å²) in [4.78, 5) is 16.0. The van der Waals surface area contributed by atoms with E-state index in [0.29, 0.717) is 23.4 Å². The second-order valence-electron chi connectivity index (χ2n) is 10.7. The van der Waals surface area contributed by atoms with Crippen molar-refractivity contribution in [3.8, 4) is 10.6 Å². The van der Waals surface area contributed by atoms with E-state index in [1.165, 1.54) is 5.56 Å². The molecule has 1 saturated heterocycles. The van der Waals surface area contributed by atoms with E-state index in [4.69, 9.17) is 22.3 Å². The molecular formula is C29H35Cl3N6O2S. The Hall–Kier alpha value is -2.24. The van der Waals surface area contributed by atoms with Crippen LogP contribution in [0.3, 0.4) is 0 Å². The summed E-state index contributed by atoms with van der Waals surface area (Å²) >= 11 is 7.80. The van der Waals surface area contributed by atoms with Gasteiger partial charge < -0.3 is 20.5 Å². The van der Waals surface area contributed by atoms with Gasteiger partial charge in [0, 0.05) is 30.1 Å². The lowest BCUT2D eigenvalue weighted by Gasteiger charge is -2.35. The number of aliphatic hydroxyl groups is 2. The molecule has 1 aromatic carbocycles. The van der Waals surface area contributed by atoms with Gasteiger partial charge in [-0.3, -0.25) is 4.90 Å². The summed E-state index contributed by atoms with van der Waals surface area (Å²) in [6.45, 7) is 6.69. The number of nitrogens with zero attached hydrogens (tertiary/aromatic N) is 5. The van der Waals surface area contributed by atoms with Crippen LogP contribution in [-0.2, 0) is 6.42 Å². The van der Waals surface area contributed by atoms with Gasteiger partial charge in [-0.15, -0.1) is 42.7 Å². The second-order valence-corrected chi connectivity index (χ2v) is 11.9. The lowest BCUT2D eigenvalue weighted by atomic mass is 9.82. The first-order valence-electron chi connectivity index (χ1n) is 13.4.